The fourth-order valence-corrected chi connectivity index (χ4v) is 2.36. The molecule has 4 heteroatoms. The van der Waals surface area contributed by atoms with Crippen molar-refractivity contribution in [2.45, 2.75) is 38.8 Å². The van der Waals surface area contributed by atoms with Crippen molar-refractivity contribution in [2.75, 3.05) is 13.7 Å². The molecule has 104 valence electrons. The fraction of sp³-hybridized carbons (Fsp3) is 0.533. The maximum Gasteiger partial charge on any atom is 0.237 e. The second-order valence-electron chi connectivity index (χ2n) is 5.02. The van der Waals surface area contributed by atoms with Crippen LogP contribution in [0.15, 0.2) is 18.2 Å². The lowest BCUT2D eigenvalue weighted by Gasteiger charge is -2.22. The van der Waals surface area contributed by atoms with Gasteiger partial charge >= 0.3 is 0 Å². The van der Waals surface area contributed by atoms with Gasteiger partial charge in [0.25, 0.3) is 0 Å². The molecular weight excluding hydrogens is 240 g/mol. The number of carbonyl (C=O) groups is 1. The van der Waals surface area contributed by atoms with Crippen LogP contribution in [0, 0.1) is 6.92 Å². The van der Waals surface area contributed by atoms with Crippen molar-refractivity contribution >= 4 is 5.91 Å². The molecule has 1 aliphatic rings. The van der Waals surface area contributed by atoms with Gasteiger partial charge in [-0.25, -0.2) is 0 Å². The fourth-order valence-electron chi connectivity index (χ4n) is 2.36. The summed E-state index contributed by atoms with van der Waals surface area (Å²) >= 11 is 0. The molecule has 1 heterocycles. The molecule has 0 aromatic heterocycles. The highest BCUT2D eigenvalue weighted by Gasteiger charge is 2.19. The van der Waals surface area contributed by atoms with Crippen LogP contribution in [0.1, 0.15) is 30.4 Å². The van der Waals surface area contributed by atoms with E-state index >= 15 is 0 Å². The van der Waals surface area contributed by atoms with Crippen LogP contribution in [0.3, 0.4) is 0 Å². The molecule has 1 saturated heterocycles. The summed E-state index contributed by atoms with van der Waals surface area (Å²) < 4.78 is 5.28. The minimum Gasteiger partial charge on any atom is -0.496 e. The van der Waals surface area contributed by atoms with Crippen LogP contribution >= 0.6 is 0 Å². The van der Waals surface area contributed by atoms with Gasteiger partial charge in [-0.05, 0) is 43.5 Å². The number of carbonyl (C=O) groups excluding carboxylic acids is 1. The summed E-state index contributed by atoms with van der Waals surface area (Å²) in [6.07, 6.45) is 3.23. The van der Waals surface area contributed by atoms with Crippen molar-refractivity contribution in [2.24, 2.45) is 0 Å². The zero-order valence-electron chi connectivity index (χ0n) is 11.7. The minimum absolute atomic E-state index is 0.0268. The van der Waals surface area contributed by atoms with Crippen LogP contribution in [0.25, 0.3) is 0 Å². The monoisotopic (exact) mass is 262 g/mol. The van der Waals surface area contributed by atoms with Crippen molar-refractivity contribution in [1.29, 1.82) is 0 Å². The molecule has 0 spiro atoms. The quantitative estimate of drug-likeness (QED) is 0.869. The predicted octanol–water partition coefficient (Wildman–Crippen LogP) is 1.76. The Morgan fingerprint density at radius 1 is 1.47 bits per heavy atom. The summed E-state index contributed by atoms with van der Waals surface area (Å²) in [7, 11) is 1.66. The lowest BCUT2D eigenvalue weighted by Crippen LogP contribution is -2.46. The van der Waals surface area contributed by atoms with Crippen LogP contribution in [0.5, 0.6) is 5.75 Å². The Hall–Kier alpha value is -1.55. The summed E-state index contributed by atoms with van der Waals surface area (Å²) in [6, 6.07) is 5.98. The molecule has 0 saturated carbocycles. The maximum atomic E-state index is 12.0. The Labute approximate surface area is 114 Å². The lowest BCUT2D eigenvalue weighted by atomic mass is 10.0. The van der Waals surface area contributed by atoms with E-state index in [1.54, 1.807) is 7.11 Å². The molecule has 19 heavy (non-hydrogen) atoms. The molecule has 1 aromatic rings. The van der Waals surface area contributed by atoms with Crippen LogP contribution in [-0.4, -0.2) is 25.6 Å². The maximum absolute atomic E-state index is 12.0. The van der Waals surface area contributed by atoms with Crippen LogP contribution < -0.4 is 15.4 Å². The number of rotatable bonds is 4. The van der Waals surface area contributed by atoms with E-state index in [0.29, 0.717) is 6.54 Å². The molecule has 2 N–H and O–H groups in total. The van der Waals surface area contributed by atoms with Crippen LogP contribution in [-0.2, 0) is 11.3 Å². The van der Waals surface area contributed by atoms with Gasteiger partial charge in [0.1, 0.15) is 5.75 Å². The van der Waals surface area contributed by atoms with Crippen LogP contribution in [0.2, 0.25) is 0 Å². The van der Waals surface area contributed by atoms with E-state index in [9.17, 15) is 4.79 Å². The molecule has 0 radical (unpaired) electrons. The first-order chi connectivity index (χ1) is 9.20. The average molecular weight is 262 g/mol. The normalized spacial score (nSPS) is 18.9. The molecule has 1 fully saturated rings. The molecule has 1 amide bonds. The third-order valence-corrected chi connectivity index (χ3v) is 3.57. The Morgan fingerprint density at radius 3 is 3.00 bits per heavy atom. The smallest absolute Gasteiger partial charge is 0.237 e. The van der Waals surface area contributed by atoms with Gasteiger partial charge < -0.3 is 15.4 Å². The third-order valence-electron chi connectivity index (χ3n) is 3.57. The van der Waals surface area contributed by atoms with E-state index in [1.165, 1.54) is 6.42 Å². The van der Waals surface area contributed by atoms with Gasteiger partial charge in [-0.15, -0.1) is 0 Å². The number of piperidine rings is 1. The van der Waals surface area contributed by atoms with E-state index in [-0.39, 0.29) is 11.9 Å². The summed E-state index contributed by atoms with van der Waals surface area (Å²) in [5, 5.41) is 6.23. The van der Waals surface area contributed by atoms with E-state index < -0.39 is 0 Å². The number of amides is 1. The molecular formula is C15H22N2O2. The van der Waals surface area contributed by atoms with Crippen molar-refractivity contribution < 1.29 is 9.53 Å². The summed E-state index contributed by atoms with van der Waals surface area (Å²) in [5.74, 6) is 0.960. The highest BCUT2D eigenvalue weighted by atomic mass is 16.5. The summed E-state index contributed by atoms with van der Waals surface area (Å²) in [4.78, 5) is 12.0. The molecule has 4 nitrogen and oxygen atoms in total. The average Bonchev–Trinajstić information content (AvgIpc) is 2.47. The van der Waals surface area contributed by atoms with Crippen molar-refractivity contribution in [1.82, 2.24) is 10.6 Å². The lowest BCUT2D eigenvalue weighted by molar-refractivity contribution is -0.123. The molecule has 1 atom stereocenters. The van der Waals surface area contributed by atoms with E-state index in [1.807, 2.05) is 25.1 Å². The Kier molecular flexibility index (Phi) is 4.80. The predicted molar refractivity (Wildman–Crippen MR) is 75.2 cm³/mol. The Balaban J connectivity index is 1.89. The zero-order valence-corrected chi connectivity index (χ0v) is 11.7. The van der Waals surface area contributed by atoms with Gasteiger partial charge in [0, 0.05) is 6.54 Å². The number of hydrogen-bond acceptors (Lipinski definition) is 3. The van der Waals surface area contributed by atoms with Crippen LogP contribution in [0.4, 0.5) is 0 Å². The third kappa shape index (κ3) is 3.70. The topological polar surface area (TPSA) is 50.4 Å². The van der Waals surface area contributed by atoms with Crippen molar-refractivity contribution in [3.8, 4) is 5.75 Å². The second kappa shape index (κ2) is 6.57. The van der Waals surface area contributed by atoms with Gasteiger partial charge in [-0.1, -0.05) is 18.6 Å². The largest absolute Gasteiger partial charge is 0.496 e. The van der Waals surface area contributed by atoms with E-state index in [2.05, 4.69) is 10.6 Å². The van der Waals surface area contributed by atoms with Gasteiger partial charge in [-0.3, -0.25) is 4.79 Å². The zero-order chi connectivity index (χ0) is 13.7. The highest BCUT2D eigenvalue weighted by Crippen LogP contribution is 2.18. The number of aryl methyl sites for hydroxylation is 1. The number of methoxy groups -OCH3 is 1. The Bertz CT molecular complexity index is 440. The minimum atomic E-state index is -0.0268. The first kappa shape index (κ1) is 13.9. The van der Waals surface area contributed by atoms with Gasteiger partial charge in [0.15, 0.2) is 0 Å². The number of hydrogen-bond donors (Lipinski definition) is 2. The number of ether oxygens (including phenoxy) is 1. The Morgan fingerprint density at radius 2 is 2.32 bits per heavy atom. The number of benzene rings is 1. The summed E-state index contributed by atoms with van der Waals surface area (Å²) in [5.41, 5.74) is 2.16. The van der Waals surface area contributed by atoms with E-state index in [0.717, 1.165) is 36.3 Å². The highest BCUT2D eigenvalue weighted by molar-refractivity contribution is 5.81. The molecule has 0 unspecified atom stereocenters. The molecule has 2 rings (SSSR count). The molecule has 1 aromatic carbocycles. The van der Waals surface area contributed by atoms with Crippen molar-refractivity contribution in [3.63, 3.8) is 0 Å². The molecule has 1 aliphatic heterocycles. The summed E-state index contributed by atoms with van der Waals surface area (Å²) in [6.45, 7) is 3.50. The first-order valence-corrected chi connectivity index (χ1v) is 6.85. The standard InChI is InChI=1S/C15H22N2O2/c1-11-6-7-12(9-14(11)19-2)10-17-15(18)13-5-3-4-8-16-13/h6-7,9,13,16H,3-5,8,10H2,1-2H3,(H,17,18)/t13-/m1/s1. The molecule has 0 bridgehead atoms. The van der Waals surface area contributed by atoms with E-state index in [4.69, 9.17) is 4.74 Å². The first-order valence-electron chi connectivity index (χ1n) is 6.85. The van der Waals surface area contributed by atoms with Gasteiger partial charge in [0.2, 0.25) is 5.91 Å². The van der Waals surface area contributed by atoms with Gasteiger partial charge in [0.05, 0.1) is 13.2 Å². The molecule has 0 aliphatic carbocycles. The van der Waals surface area contributed by atoms with Gasteiger partial charge in [-0.2, -0.15) is 0 Å². The van der Waals surface area contributed by atoms with Crippen molar-refractivity contribution in [3.05, 3.63) is 29.3 Å². The second-order valence-corrected chi connectivity index (χ2v) is 5.02. The number of nitrogens with one attached hydrogen (secondary N) is 2. The SMILES string of the molecule is COc1cc(CNC(=O)[C@H]2CCCCN2)ccc1C.